The molecule has 0 saturated carbocycles. The molecule has 0 aliphatic heterocycles. The van der Waals surface area contributed by atoms with Crippen molar-refractivity contribution >= 4 is 53.3 Å². The van der Waals surface area contributed by atoms with Gasteiger partial charge in [0.2, 0.25) is 0 Å². The number of thiophene rings is 1. The Morgan fingerprint density at radius 2 is 0.966 bits per heavy atom. The standard InChI is InChI=1S/C54H36N4S/c1-54(2)45-25-11-9-19-38(45)39-30-28-36(32-46(39)54)58-47-26-12-10-20-40(47)41-29-27-35(31-48(41)58)52-55-51(34-17-7-4-8-18-34)56-53(57-52)44-24-14-23-43-42-22-13-21-37(49(42)59-50(43)44)33-15-5-3-6-16-33/h3-32H,1-2H3. The highest BCUT2D eigenvalue weighted by Crippen LogP contribution is 2.50. The van der Waals surface area contributed by atoms with E-state index in [1.54, 1.807) is 0 Å². The maximum atomic E-state index is 5.33. The molecule has 0 atom stereocenters. The van der Waals surface area contributed by atoms with Gasteiger partial charge in [-0.25, -0.2) is 15.0 Å². The molecule has 11 aromatic rings. The molecule has 3 aromatic heterocycles. The molecule has 0 amide bonds. The summed E-state index contributed by atoms with van der Waals surface area (Å²) in [4.78, 5) is 15.7. The van der Waals surface area contributed by atoms with Crippen LogP contribution in [0, 0.1) is 0 Å². The van der Waals surface area contributed by atoms with Crippen LogP contribution >= 0.6 is 11.3 Å². The molecular weight excluding hydrogens is 737 g/mol. The third kappa shape index (κ3) is 5.18. The van der Waals surface area contributed by atoms with E-state index in [1.807, 2.05) is 29.5 Å². The van der Waals surface area contributed by atoms with Gasteiger partial charge in [-0.2, -0.15) is 0 Å². The Hall–Kier alpha value is -7.21. The average molecular weight is 773 g/mol. The minimum atomic E-state index is -0.110. The van der Waals surface area contributed by atoms with E-state index in [9.17, 15) is 0 Å². The summed E-state index contributed by atoms with van der Waals surface area (Å²) in [7, 11) is 0. The third-order valence-electron chi connectivity index (χ3n) is 12.3. The van der Waals surface area contributed by atoms with Gasteiger partial charge in [0.1, 0.15) is 0 Å². The van der Waals surface area contributed by atoms with Crippen LogP contribution in [0.2, 0.25) is 0 Å². The van der Waals surface area contributed by atoms with E-state index in [1.165, 1.54) is 69.8 Å². The first kappa shape index (κ1) is 33.9. The Balaban J connectivity index is 1.06. The quantitative estimate of drug-likeness (QED) is 0.175. The monoisotopic (exact) mass is 772 g/mol. The van der Waals surface area contributed by atoms with Crippen molar-refractivity contribution < 1.29 is 0 Å². The van der Waals surface area contributed by atoms with Gasteiger partial charge < -0.3 is 4.57 Å². The molecule has 0 bridgehead atoms. The van der Waals surface area contributed by atoms with Gasteiger partial charge in [-0.05, 0) is 63.7 Å². The van der Waals surface area contributed by atoms with Crippen molar-refractivity contribution in [2.75, 3.05) is 0 Å². The maximum absolute atomic E-state index is 5.33. The van der Waals surface area contributed by atoms with Gasteiger partial charge in [-0.15, -0.1) is 11.3 Å². The van der Waals surface area contributed by atoms with Crippen LogP contribution in [0.3, 0.4) is 0 Å². The first-order chi connectivity index (χ1) is 29.0. The minimum Gasteiger partial charge on any atom is -0.309 e. The van der Waals surface area contributed by atoms with Crippen molar-refractivity contribution in [1.82, 2.24) is 19.5 Å². The van der Waals surface area contributed by atoms with Crippen LogP contribution in [-0.2, 0) is 5.41 Å². The van der Waals surface area contributed by atoms with Crippen LogP contribution in [0.25, 0.3) is 104 Å². The third-order valence-corrected chi connectivity index (χ3v) is 13.6. The fourth-order valence-corrected chi connectivity index (χ4v) is 10.7. The van der Waals surface area contributed by atoms with E-state index < -0.39 is 0 Å². The predicted octanol–water partition coefficient (Wildman–Crippen LogP) is 14.3. The average Bonchev–Trinajstić information content (AvgIpc) is 3.92. The zero-order valence-corrected chi connectivity index (χ0v) is 33.3. The summed E-state index contributed by atoms with van der Waals surface area (Å²) in [6, 6.07) is 65.2. The topological polar surface area (TPSA) is 43.6 Å². The maximum Gasteiger partial charge on any atom is 0.165 e. The van der Waals surface area contributed by atoms with Crippen LogP contribution < -0.4 is 0 Å². The summed E-state index contributed by atoms with van der Waals surface area (Å²) >= 11 is 1.81. The summed E-state index contributed by atoms with van der Waals surface area (Å²) in [5, 5.41) is 4.84. The fraction of sp³-hybridized carbons (Fsp3) is 0.0556. The molecule has 8 aromatic carbocycles. The molecule has 0 fully saturated rings. The molecule has 59 heavy (non-hydrogen) atoms. The molecule has 4 nitrogen and oxygen atoms in total. The van der Waals surface area contributed by atoms with E-state index in [0.29, 0.717) is 17.5 Å². The van der Waals surface area contributed by atoms with Gasteiger partial charge >= 0.3 is 0 Å². The van der Waals surface area contributed by atoms with E-state index in [-0.39, 0.29) is 5.41 Å². The minimum absolute atomic E-state index is 0.110. The van der Waals surface area contributed by atoms with Crippen molar-refractivity contribution in [3.8, 4) is 62.1 Å². The zero-order chi connectivity index (χ0) is 39.2. The number of hydrogen-bond acceptors (Lipinski definition) is 4. The summed E-state index contributed by atoms with van der Waals surface area (Å²) < 4.78 is 4.84. The largest absolute Gasteiger partial charge is 0.309 e. The van der Waals surface area contributed by atoms with E-state index in [4.69, 9.17) is 15.0 Å². The van der Waals surface area contributed by atoms with Crippen LogP contribution in [0.4, 0.5) is 0 Å². The van der Waals surface area contributed by atoms with Gasteiger partial charge in [-0.1, -0.05) is 166 Å². The number of benzene rings is 8. The number of hydrogen-bond donors (Lipinski definition) is 0. The Labute approximate surface area is 345 Å². The van der Waals surface area contributed by atoms with Gasteiger partial charge in [0.15, 0.2) is 17.5 Å². The Kier molecular flexibility index (Phi) is 7.41. The van der Waals surface area contributed by atoms with Crippen LogP contribution in [-0.4, -0.2) is 19.5 Å². The van der Waals surface area contributed by atoms with Crippen LogP contribution in [0.15, 0.2) is 182 Å². The Morgan fingerprint density at radius 3 is 1.76 bits per heavy atom. The molecule has 1 aliphatic rings. The van der Waals surface area contributed by atoms with Crippen LogP contribution in [0.1, 0.15) is 25.0 Å². The first-order valence-electron chi connectivity index (χ1n) is 20.1. The molecule has 0 unspecified atom stereocenters. The fourth-order valence-electron chi connectivity index (χ4n) is 9.40. The second-order valence-corrected chi connectivity index (χ2v) is 17.0. The summed E-state index contributed by atoms with van der Waals surface area (Å²) in [6.07, 6.45) is 0. The molecule has 0 radical (unpaired) electrons. The van der Waals surface area contributed by atoms with Crippen molar-refractivity contribution in [1.29, 1.82) is 0 Å². The van der Waals surface area contributed by atoms with Gasteiger partial charge in [-0.3, -0.25) is 0 Å². The highest BCUT2D eigenvalue weighted by molar-refractivity contribution is 7.26. The SMILES string of the molecule is CC1(C)c2ccccc2-c2ccc(-n3c4ccccc4c4ccc(-c5nc(-c6ccccc6)nc(-c6cccc7c6sc6c(-c8ccccc8)cccc67)n5)cc43)cc21. The Morgan fingerprint density at radius 1 is 0.390 bits per heavy atom. The summed E-state index contributed by atoms with van der Waals surface area (Å²) in [5.74, 6) is 1.95. The van der Waals surface area contributed by atoms with Gasteiger partial charge in [0.25, 0.3) is 0 Å². The Bertz CT molecular complexity index is 3470. The number of aromatic nitrogens is 4. The lowest BCUT2D eigenvalue weighted by atomic mass is 9.82. The molecule has 0 saturated heterocycles. The highest BCUT2D eigenvalue weighted by atomic mass is 32.1. The van der Waals surface area contributed by atoms with Gasteiger partial charge in [0.05, 0.1) is 11.0 Å². The van der Waals surface area contributed by atoms with Crippen LogP contribution in [0.5, 0.6) is 0 Å². The normalized spacial score (nSPS) is 13.1. The number of fused-ring (bicyclic) bond motifs is 9. The predicted molar refractivity (Wildman–Crippen MR) is 246 cm³/mol. The van der Waals surface area contributed by atoms with E-state index >= 15 is 0 Å². The molecule has 12 rings (SSSR count). The second kappa shape index (κ2) is 12.9. The zero-order valence-electron chi connectivity index (χ0n) is 32.5. The number of nitrogens with zero attached hydrogens (tertiary/aromatic N) is 4. The van der Waals surface area contributed by atoms with E-state index in [2.05, 4.69) is 182 Å². The molecule has 3 heterocycles. The summed E-state index contributed by atoms with van der Waals surface area (Å²) in [5.41, 5.74) is 14.0. The number of para-hydroxylation sites is 1. The number of rotatable bonds is 5. The van der Waals surface area contributed by atoms with Gasteiger partial charge in [0, 0.05) is 58.7 Å². The molecule has 0 N–H and O–H groups in total. The smallest absolute Gasteiger partial charge is 0.165 e. The lowest BCUT2D eigenvalue weighted by molar-refractivity contribution is 0.660. The first-order valence-corrected chi connectivity index (χ1v) is 20.9. The molecule has 278 valence electrons. The molecular formula is C54H36N4S. The second-order valence-electron chi connectivity index (χ2n) is 16.0. The van der Waals surface area contributed by atoms with Crippen molar-refractivity contribution in [3.63, 3.8) is 0 Å². The molecule has 1 aliphatic carbocycles. The lowest BCUT2D eigenvalue weighted by Gasteiger charge is -2.22. The van der Waals surface area contributed by atoms with E-state index in [0.717, 1.165) is 27.9 Å². The lowest BCUT2D eigenvalue weighted by Crippen LogP contribution is -2.15. The van der Waals surface area contributed by atoms with Crippen molar-refractivity contribution in [2.24, 2.45) is 0 Å². The molecule has 5 heteroatoms. The summed E-state index contributed by atoms with van der Waals surface area (Å²) in [6.45, 7) is 4.69. The van der Waals surface area contributed by atoms with Crippen molar-refractivity contribution in [2.45, 2.75) is 19.3 Å². The molecule has 0 spiro atoms. The highest BCUT2D eigenvalue weighted by Gasteiger charge is 2.35. The van der Waals surface area contributed by atoms with Crippen molar-refractivity contribution in [3.05, 3.63) is 193 Å².